The Morgan fingerprint density at radius 3 is 2.42 bits per heavy atom. The fourth-order valence-electron chi connectivity index (χ4n) is 3.00. The topological polar surface area (TPSA) is 63.6 Å². The van der Waals surface area contributed by atoms with E-state index in [0.29, 0.717) is 39.1 Å². The quantitative estimate of drug-likeness (QED) is 0.557. The molecule has 0 fully saturated rings. The molecule has 1 unspecified atom stereocenters. The fourth-order valence-corrected chi connectivity index (χ4v) is 3.48. The number of ether oxygens (including phenoxy) is 1. The number of halogens is 2. The average Bonchev–Trinajstić information content (AvgIpc) is 2.84. The summed E-state index contributed by atoms with van der Waals surface area (Å²) >= 11 is 12.1. The van der Waals surface area contributed by atoms with Gasteiger partial charge in [0.15, 0.2) is 0 Å². The lowest BCUT2D eigenvalue weighted by molar-refractivity contribution is -0.884. The van der Waals surface area contributed by atoms with Gasteiger partial charge in [0.2, 0.25) is 5.78 Å². The molecule has 140 valence electrons. The summed E-state index contributed by atoms with van der Waals surface area (Å²) in [4.78, 5) is 29.1. The monoisotopic (exact) mass is 397 g/mol. The highest BCUT2D eigenvalue weighted by Crippen LogP contribution is 2.21. The first-order valence-electron chi connectivity index (χ1n) is 8.39. The minimum absolute atomic E-state index is 0.113. The molecule has 2 aromatic rings. The van der Waals surface area contributed by atoms with Gasteiger partial charge in [0.1, 0.15) is 13.1 Å². The van der Waals surface area contributed by atoms with Crippen LogP contribution < -0.4 is 4.90 Å². The molecule has 0 saturated carbocycles. The second kappa shape index (κ2) is 8.71. The van der Waals surface area contributed by atoms with Crippen LogP contribution in [0.3, 0.4) is 0 Å². The van der Waals surface area contributed by atoms with Gasteiger partial charge < -0.3 is 14.6 Å². The third-order valence-corrected chi connectivity index (χ3v) is 4.69. The van der Waals surface area contributed by atoms with E-state index in [0.717, 1.165) is 10.5 Å². The van der Waals surface area contributed by atoms with Crippen LogP contribution in [-0.4, -0.2) is 36.9 Å². The van der Waals surface area contributed by atoms with Crippen LogP contribution in [0.4, 0.5) is 0 Å². The normalized spacial score (nSPS) is 12.1. The van der Waals surface area contributed by atoms with Gasteiger partial charge in [0, 0.05) is 22.0 Å². The molecule has 0 aliphatic rings. The van der Waals surface area contributed by atoms with E-state index in [9.17, 15) is 9.59 Å². The zero-order valence-corrected chi connectivity index (χ0v) is 16.8. The lowest BCUT2D eigenvalue weighted by Crippen LogP contribution is -3.08. The van der Waals surface area contributed by atoms with Crippen LogP contribution in [0.15, 0.2) is 18.2 Å². The summed E-state index contributed by atoms with van der Waals surface area (Å²) in [6, 6.07) is 5.32. The Hall–Kier alpha value is -1.82. The third kappa shape index (κ3) is 4.67. The van der Waals surface area contributed by atoms with Crippen molar-refractivity contribution in [2.45, 2.75) is 27.3 Å². The Morgan fingerprint density at radius 1 is 1.15 bits per heavy atom. The molecule has 26 heavy (non-hydrogen) atoms. The third-order valence-electron chi connectivity index (χ3n) is 4.10. The number of ketones is 1. The first-order valence-corrected chi connectivity index (χ1v) is 9.14. The summed E-state index contributed by atoms with van der Waals surface area (Å²) in [5.41, 5.74) is 2.96. The lowest BCUT2D eigenvalue weighted by Gasteiger charge is -2.15. The van der Waals surface area contributed by atoms with Gasteiger partial charge in [-0.05, 0) is 32.9 Å². The van der Waals surface area contributed by atoms with Crippen molar-refractivity contribution in [1.82, 2.24) is 4.98 Å². The Kier molecular flexibility index (Phi) is 6.87. The van der Waals surface area contributed by atoms with Crippen molar-refractivity contribution < 1.29 is 19.2 Å². The van der Waals surface area contributed by atoms with E-state index >= 15 is 0 Å². The number of aromatic nitrogens is 1. The summed E-state index contributed by atoms with van der Waals surface area (Å²) in [6.07, 6.45) is 0. The van der Waals surface area contributed by atoms with Gasteiger partial charge in [-0.25, -0.2) is 4.79 Å². The van der Waals surface area contributed by atoms with E-state index < -0.39 is 5.97 Å². The molecule has 0 aliphatic carbocycles. The Morgan fingerprint density at radius 2 is 1.81 bits per heavy atom. The first-order chi connectivity index (χ1) is 12.2. The zero-order valence-electron chi connectivity index (χ0n) is 15.3. The van der Waals surface area contributed by atoms with E-state index in [1.807, 2.05) is 13.1 Å². The standard InChI is InChI=1S/C19H22Cl2N2O3/c1-5-26-19(25)18-12(3)22-11(2)17(18)16(24)10-23(4)9-13-6-7-14(20)8-15(13)21/h6-8,22H,5,9-10H2,1-4H3/p+1. The SMILES string of the molecule is CCOC(=O)c1c(C)[nH]c(C)c1C(=O)C[NH+](C)Cc1ccc(Cl)cc1Cl. The lowest BCUT2D eigenvalue weighted by atomic mass is 10.0. The van der Waals surface area contributed by atoms with Crippen LogP contribution in [0, 0.1) is 13.8 Å². The molecule has 1 aromatic heterocycles. The largest absolute Gasteiger partial charge is 0.462 e. The summed E-state index contributed by atoms with van der Waals surface area (Å²) < 4.78 is 5.09. The van der Waals surface area contributed by atoms with Crippen LogP contribution >= 0.6 is 23.2 Å². The molecule has 0 amide bonds. The summed E-state index contributed by atoms with van der Waals surface area (Å²) in [5.74, 6) is -0.589. The molecular weight excluding hydrogens is 375 g/mol. The Bertz CT molecular complexity index is 830. The smallest absolute Gasteiger partial charge is 0.340 e. The van der Waals surface area contributed by atoms with Crippen LogP contribution in [0.5, 0.6) is 0 Å². The molecule has 1 aromatic carbocycles. The number of aryl methyl sites for hydroxylation is 2. The maximum atomic E-state index is 12.8. The fraction of sp³-hybridized carbons (Fsp3) is 0.368. The number of nitrogens with one attached hydrogen (secondary N) is 2. The molecule has 0 bridgehead atoms. The second-order valence-electron chi connectivity index (χ2n) is 6.32. The molecule has 0 spiro atoms. The van der Waals surface area contributed by atoms with Gasteiger partial charge in [-0.1, -0.05) is 29.3 Å². The Balaban J connectivity index is 2.18. The molecular formula is C19H23Cl2N2O3+. The number of quaternary nitrogens is 1. The van der Waals surface area contributed by atoms with E-state index in [2.05, 4.69) is 4.98 Å². The van der Waals surface area contributed by atoms with Gasteiger partial charge in [-0.15, -0.1) is 0 Å². The highest BCUT2D eigenvalue weighted by molar-refractivity contribution is 6.35. The zero-order chi connectivity index (χ0) is 19.4. The number of hydrogen-bond acceptors (Lipinski definition) is 3. The van der Waals surface area contributed by atoms with E-state index in [1.54, 1.807) is 32.9 Å². The summed E-state index contributed by atoms with van der Waals surface area (Å²) in [6.45, 7) is 6.34. The number of aromatic amines is 1. The molecule has 2 N–H and O–H groups in total. The molecule has 7 heteroatoms. The summed E-state index contributed by atoms with van der Waals surface area (Å²) in [7, 11) is 1.90. The van der Waals surface area contributed by atoms with Crippen LogP contribution in [0.25, 0.3) is 0 Å². The molecule has 1 heterocycles. The highest BCUT2D eigenvalue weighted by Gasteiger charge is 2.27. The van der Waals surface area contributed by atoms with Crippen molar-refractivity contribution in [2.75, 3.05) is 20.2 Å². The van der Waals surface area contributed by atoms with Crippen LogP contribution in [0.1, 0.15) is 44.6 Å². The van der Waals surface area contributed by atoms with Crippen molar-refractivity contribution >= 4 is 35.0 Å². The minimum atomic E-state index is -0.476. The summed E-state index contributed by atoms with van der Waals surface area (Å²) in [5, 5.41) is 1.15. The maximum Gasteiger partial charge on any atom is 0.340 e. The van der Waals surface area contributed by atoms with Crippen LogP contribution in [-0.2, 0) is 11.3 Å². The second-order valence-corrected chi connectivity index (χ2v) is 7.16. The number of likely N-dealkylation sites (N-methyl/N-ethyl adjacent to an activating group) is 1. The number of Topliss-reactive ketones (excluding diaryl/α,β-unsaturated/α-hetero) is 1. The highest BCUT2D eigenvalue weighted by atomic mass is 35.5. The number of carbonyl (C=O) groups excluding carboxylic acids is 2. The number of carbonyl (C=O) groups is 2. The Labute approximate surface area is 163 Å². The molecule has 0 aliphatic heterocycles. The van der Waals surface area contributed by atoms with Crippen molar-refractivity contribution in [3.05, 3.63) is 56.3 Å². The number of H-pyrrole nitrogens is 1. The van der Waals surface area contributed by atoms with Crippen molar-refractivity contribution in [2.24, 2.45) is 0 Å². The van der Waals surface area contributed by atoms with E-state index in [1.165, 1.54) is 0 Å². The molecule has 1 atom stereocenters. The first kappa shape index (κ1) is 20.5. The molecule has 2 rings (SSSR count). The molecule has 0 radical (unpaired) electrons. The van der Waals surface area contributed by atoms with Crippen molar-refractivity contribution in [3.8, 4) is 0 Å². The average molecular weight is 398 g/mol. The number of esters is 1. The predicted octanol–water partition coefficient (Wildman–Crippen LogP) is 3.01. The predicted molar refractivity (Wildman–Crippen MR) is 102 cm³/mol. The number of hydrogen-bond donors (Lipinski definition) is 2. The maximum absolute atomic E-state index is 12.8. The van der Waals surface area contributed by atoms with Gasteiger partial charge in [-0.2, -0.15) is 0 Å². The number of benzene rings is 1. The molecule has 0 saturated heterocycles. The van der Waals surface area contributed by atoms with Crippen molar-refractivity contribution in [3.63, 3.8) is 0 Å². The van der Waals surface area contributed by atoms with Gasteiger partial charge in [0.05, 0.1) is 29.8 Å². The van der Waals surface area contributed by atoms with E-state index in [-0.39, 0.29) is 18.9 Å². The molecule has 5 nitrogen and oxygen atoms in total. The van der Waals surface area contributed by atoms with Crippen molar-refractivity contribution in [1.29, 1.82) is 0 Å². The van der Waals surface area contributed by atoms with Gasteiger partial charge >= 0.3 is 5.97 Å². The minimum Gasteiger partial charge on any atom is -0.462 e. The van der Waals surface area contributed by atoms with Gasteiger partial charge in [0.25, 0.3) is 0 Å². The van der Waals surface area contributed by atoms with Gasteiger partial charge in [-0.3, -0.25) is 4.79 Å². The van der Waals surface area contributed by atoms with Crippen LogP contribution in [0.2, 0.25) is 10.0 Å². The van der Waals surface area contributed by atoms with E-state index in [4.69, 9.17) is 27.9 Å². The number of rotatable bonds is 7.